The first-order valence-electron chi connectivity index (χ1n) is 5.56. The van der Waals surface area contributed by atoms with Crippen LogP contribution in [0.3, 0.4) is 0 Å². The summed E-state index contributed by atoms with van der Waals surface area (Å²) in [4.78, 5) is 0. The number of aromatic nitrogens is 2. The molecule has 3 heteroatoms. The van der Waals surface area contributed by atoms with E-state index < -0.39 is 0 Å². The summed E-state index contributed by atoms with van der Waals surface area (Å²) in [5.41, 5.74) is 7.28. The molecule has 0 bridgehead atoms. The minimum absolute atomic E-state index is 0.156. The summed E-state index contributed by atoms with van der Waals surface area (Å²) in [6.45, 7) is 5.32. The molecule has 14 heavy (non-hydrogen) atoms. The molecule has 1 heterocycles. The van der Waals surface area contributed by atoms with Gasteiger partial charge in [-0.1, -0.05) is 26.7 Å². The maximum Gasteiger partial charge on any atom is 0.0551 e. The molecule has 1 rings (SSSR count). The summed E-state index contributed by atoms with van der Waals surface area (Å²) < 4.78 is 2.03. The molecule has 0 fully saturated rings. The minimum atomic E-state index is 0.156. The summed E-state index contributed by atoms with van der Waals surface area (Å²) >= 11 is 0. The van der Waals surface area contributed by atoms with Crippen molar-refractivity contribution < 1.29 is 0 Å². The van der Waals surface area contributed by atoms with Crippen molar-refractivity contribution in [2.24, 2.45) is 5.73 Å². The van der Waals surface area contributed by atoms with Crippen LogP contribution in [-0.4, -0.2) is 9.78 Å². The van der Waals surface area contributed by atoms with Gasteiger partial charge in [0, 0.05) is 18.8 Å². The van der Waals surface area contributed by atoms with E-state index in [2.05, 4.69) is 18.9 Å². The Balaban J connectivity index is 2.58. The lowest BCUT2D eigenvalue weighted by Gasteiger charge is -2.13. The van der Waals surface area contributed by atoms with Crippen LogP contribution in [0.15, 0.2) is 12.3 Å². The van der Waals surface area contributed by atoms with Crippen molar-refractivity contribution >= 4 is 0 Å². The SMILES string of the molecule is CCCCC(N)c1ccnn1CCC. The second-order valence-corrected chi connectivity index (χ2v) is 3.73. The Morgan fingerprint density at radius 1 is 1.43 bits per heavy atom. The van der Waals surface area contributed by atoms with E-state index in [4.69, 9.17) is 5.73 Å². The van der Waals surface area contributed by atoms with Crippen LogP contribution in [0.25, 0.3) is 0 Å². The molecule has 0 saturated heterocycles. The quantitative estimate of drug-likeness (QED) is 0.758. The standard InChI is InChI=1S/C11H21N3/c1-3-5-6-10(12)11-7-8-13-14(11)9-4-2/h7-8,10H,3-6,9,12H2,1-2H3. The largest absolute Gasteiger partial charge is 0.323 e. The molecule has 0 aliphatic rings. The number of rotatable bonds is 6. The van der Waals surface area contributed by atoms with Crippen LogP contribution in [0.1, 0.15) is 51.3 Å². The molecule has 2 N–H and O–H groups in total. The van der Waals surface area contributed by atoms with Crippen molar-refractivity contribution in [3.63, 3.8) is 0 Å². The van der Waals surface area contributed by atoms with Gasteiger partial charge in [-0.25, -0.2) is 0 Å². The zero-order valence-corrected chi connectivity index (χ0v) is 9.24. The second-order valence-electron chi connectivity index (χ2n) is 3.73. The van der Waals surface area contributed by atoms with Crippen molar-refractivity contribution in [3.8, 4) is 0 Å². The van der Waals surface area contributed by atoms with Gasteiger partial charge in [0.2, 0.25) is 0 Å². The summed E-state index contributed by atoms with van der Waals surface area (Å²) in [6, 6.07) is 2.19. The van der Waals surface area contributed by atoms with Gasteiger partial charge >= 0.3 is 0 Å². The van der Waals surface area contributed by atoms with Crippen LogP contribution in [0.5, 0.6) is 0 Å². The monoisotopic (exact) mass is 195 g/mol. The lowest BCUT2D eigenvalue weighted by molar-refractivity contribution is 0.511. The molecule has 0 aliphatic carbocycles. The average Bonchev–Trinajstić information content (AvgIpc) is 2.63. The van der Waals surface area contributed by atoms with Crippen LogP contribution in [-0.2, 0) is 6.54 Å². The van der Waals surface area contributed by atoms with Crippen LogP contribution in [0.2, 0.25) is 0 Å². The molecular formula is C11H21N3. The van der Waals surface area contributed by atoms with E-state index in [0.29, 0.717) is 0 Å². The molecule has 0 amide bonds. The van der Waals surface area contributed by atoms with Gasteiger partial charge in [0.1, 0.15) is 0 Å². The van der Waals surface area contributed by atoms with Crippen LogP contribution in [0, 0.1) is 0 Å². The normalized spacial score (nSPS) is 13.1. The highest BCUT2D eigenvalue weighted by atomic mass is 15.3. The van der Waals surface area contributed by atoms with Crippen LogP contribution < -0.4 is 5.73 Å². The third-order valence-corrected chi connectivity index (χ3v) is 2.43. The van der Waals surface area contributed by atoms with Gasteiger partial charge < -0.3 is 5.73 Å². The number of hydrogen-bond donors (Lipinski definition) is 1. The number of aryl methyl sites for hydroxylation is 1. The zero-order chi connectivity index (χ0) is 10.4. The molecule has 1 aromatic heterocycles. The third kappa shape index (κ3) is 2.84. The molecule has 1 aromatic rings. The van der Waals surface area contributed by atoms with E-state index in [0.717, 1.165) is 19.4 Å². The van der Waals surface area contributed by atoms with E-state index in [9.17, 15) is 0 Å². The van der Waals surface area contributed by atoms with Gasteiger partial charge in [0.05, 0.1) is 5.69 Å². The van der Waals surface area contributed by atoms with Gasteiger partial charge in [0.15, 0.2) is 0 Å². The molecule has 0 radical (unpaired) electrons. The average molecular weight is 195 g/mol. The van der Waals surface area contributed by atoms with E-state index >= 15 is 0 Å². The Morgan fingerprint density at radius 2 is 2.21 bits per heavy atom. The second kappa shape index (κ2) is 5.81. The van der Waals surface area contributed by atoms with Crippen molar-refractivity contribution in [2.75, 3.05) is 0 Å². The van der Waals surface area contributed by atoms with Gasteiger partial charge in [-0.15, -0.1) is 0 Å². The Kier molecular flexibility index (Phi) is 4.66. The molecule has 1 atom stereocenters. The van der Waals surface area contributed by atoms with Crippen molar-refractivity contribution in [3.05, 3.63) is 18.0 Å². The van der Waals surface area contributed by atoms with Crippen LogP contribution in [0.4, 0.5) is 0 Å². The Hall–Kier alpha value is -0.830. The van der Waals surface area contributed by atoms with Crippen LogP contribution >= 0.6 is 0 Å². The fraction of sp³-hybridized carbons (Fsp3) is 0.727. The van der Waals surface area contributed by atoms with Gasteiger partial charge in [0.25, 0.3) is 0 Å². The molecule has 1 unspecified atom stereocenters. The smallest absolute Gasteiger partial charge is 0.0551 e. The first-order chi connectivity index (χ1) is 6.79. The van der Waals surface area contributed by atoms with E-state index in [1.54, 1.807) is 0 Å². The van der Waals surface area contributed by atoms with Crippen molar-refractivity contribution in [1.29, 1.82) is 0 Å². The topological polar surface area (TPSA) is 43.8 Å². The highest BCUT2D eigenvalue weighted by Crippen LogP contribution is 2.16. The van der Waals surface area contributed by atoms with E-state index in [1.165, 1.54) is 18.5 Å². The molecule has 0 saturated carbocycles. The van der Waals surface area contributed by atoms with Gasteiger partial charge in [-0.3, -0.25) is 4.68 Å². The highest BCUT2D eigenvalue weighted by molar-refractivity contribution is 5.05. The summed E-state index contributed by atoms with van der Waals surface area (Å²) in [6.07, 6.45) is 6.41. The Morgan fingerprint density at radius 3 is 2.86 bits per heavy atom. The molecule has 80 valence electrons. The fourth-order valence-electron chi connectivity index (χ4n) is 1.63. The maximum absolute atomic E-state index is 6.10. The molecular weight excluding hydrogens is 174 g/mol. The van der Waals surface area contributed by atoms with E-state index in [-0.39, 0.29) is 6.04 Å². The predicted molar refractivity (Wildman–Crippen MR) is 59.0 cm³/mol. The van der Waals surface area contributed by atoms with Gasteiger partial charge in [-0.05, 0) is 18.9 Å². The Bertz CT molecular complexity index is 255. The molecule has 3 nitrogen and oxygen atoms in total. The molecule has 0 spiro atoms. The third-order valence-electron chi connectivity index (χ3n) is 2.43. The molecule has 0 aliphatic heterocycles. The number of hydrogen-bond acceptors (Lipinski definition) is 2. The zero-order valence-electron chi connectivity index (χ0n) is 9.24. The maximum atomic E-state index is 6.10. The summed E-state index contributed by atoms with van der Waals surface area (Å²) in [5, 5.41) is 4.27. The predicted octanol–water partition coefficient (Wildman–Crippen LogP) is 2.48. The Labute approximate surface area is 86.3 Å². The van der Waals surface area contributed by atoms with Crippen molar-refractivity contribution in [1.82, 2.24) is 9.78 Å². The fourth-order valence-corrected chi connectivity index (χ4v) is 1.63. The number of unbranched alkanes of at least 4 members (excludes halogenated alkanes) is 1. The van der Waals surface area contributed by atoms with Crippen molar-refractivity contribution in [2.45, 2.75) is 52.1 Å². The summed E-state index contributed by atoms with van der Waals surface area (Å²) in [7, 11) is 0. The number of nitrogens with zero attached hydrogens (tertiary/aromatic N) is 2. The minimum Gasteiger partial charge on any atom is -0.323 e. The first kappa shape index (κ1) is 11.2. The lowest BCUT2D eigenvalue weighted by atomic mass is 10.1. The summed E-state index contributed by atoms with van der Waals surface area (Å²) in [5.74, 6) is 0. The van der Waals surface area contributed by atoms with Gasteiger partial charge in [-0.2, -0.15) is 5.10 Å². The first-order valence-corrected chi connectivity index (χ1v) is 5.56. The molecule has 0 aromatic carbocycles. The highest BCUT2D eigenvalue weighted by Gasteiger charge is 2.10. The lowest BCUT2D eigenvalue weighted by Crippen LogP contribution is -2.16. The number of nitrogens with two attached hydrogens (primary N) is 1. The van der Waals surface area contributed by atoms with E-state index in [1.807, 2.05) is 16.9 Å².